The number of pyridine rings is 1. The topological polar surface area (TPSA) is 70.1 Å². The number of carbonyl (C=O) groups is 1. The summed E-state index contributed by atoms with van der Waals surface area (Å²) in [6.45, 7) is 0. The van der Waals surface area contributed by atoms with Crippen molar-refractivity contribution in [3.8, 4) is 11.3 Å². The molecule has 2 aromatic heterocycles. The van der Waals surface area contributed by atoms with Crippen LogP contribution in [-0.2, 0) is 0 Å². The Hall–Kier alpha value is -4.25. The molecule has 0 aliphatic heterocycles. The second-order valence-electron chi connectivity index (χ2n) is 6.93. The first-order chi connectivity index (χ1) is 14.8. The lowest BCUT2D eigenvalue weighted by Crippen LogP contribution is -2.19. The van der Waals surface area contributed by atoms with Crippen LogP contribution in [0, 0.1) is 0 Å². The molecule has 0 saturated carbocycles. The van der Waals surface area contributed by atoms with Gasteiger partial charge in [0.2, 0.25) is 0 Å². The summed E-state index contributed by atoms with van der Waals surface area (Å²) < 4.78 is 0. The third-order valence-electron chi connectivity index (χ3n) is 4.96. The van der Waals surface area contributed by atoms with E-state index >= 15 is 0 Å². The van der Waals surface area contributed by atoms with Crippen LogP contribution in [0.5, 0.6) is 0 Å². The van der Waals surface area contributed by atoms with Gasteiger partial charge in [0.1, 0.15) is 5.69 Å². The number of amides is 1. The second-order valence-corrected chi connectivity index (χ2v) is 6.93. The molecule has 0 fully saturated rings. The maximum absolute atomic E-state index is 12.8. The predicted molar refractivity (Wildman–Crippen MR) is 121 cm³/mol. The van der Waals surface area contributed by atoms with E-state index < -0.39 is 0 Å². The number of carbonyl (C=O) groups excluding carboxylic acids is 1. The summed E-state index contributed by atoms with van der Waals surface area (Å²) in [4.78, 5) is 20.9. The van der Waals surface area contributed by atoms with Crippen LogP contribution in [0.2, 0.25) is 0 Å². The van der Waals surface area contributed by atoms with Crippen molar-refractivity contribution in [2.75, 3.05) is 0 Å². The average Bonchev–Trinajstić information content (AvgIpc) is 3.18. The van der Waals surface area contributed by atoms with Crippen LogP contribution in [0.1, 0.15) is 16.1 Å². The molecule has 0 radical (unpaired) electrons. The molecule has 5 aromatic rings. The van der Waals surface area contributed by atoms with Crippen LogP contribution in [0.15, 0.2) is 96.1 Å². The highest BCUT2D eigenvalue weighted by Crippen LogP contribution is 2.32. The SMILES string of the molecule is O=C(N/N=C/c1ccccc1)c1cc2c([nH]c3ccccc32)c(-c2ccccc2)n1. The largest absolute Gasteiger partial charge is 0.353 e. The Morgan fingerprint density at radius 3 is 2.37 bits per heavy atom. The van der Waals surface area contributed by atoms with Gasteiger partial charge in [0, 0.05) is 21.9 Å². The van der Waals surface area contributed by atoms with Gasteiger partial charge in [0.25, 0.3) is 5.91 Å². The summed E-state index contributed by atoms with van der Waals surface area (Å²) in [7, 11) is 0. The van der Waals surface area contributed by atoms with Gasteiger partial charge in [-0.2, -0.15) is 5.10 Å². The Balaban J connectivity index is 1.59. The first-order valence-electron chi connectivity index (χ1n) is 9.65. The highest BCUT2D eigenvalue weighted by atomic mass is 16.2. The number of aromatic nitrogens is 2. The molecule has 1 amide bonds. The van der Waals surface area contributed by atoms with Crippen molar-refractivity contribution in [1.82, 2.24) is 15.4 Å². The normalized spacial score (nSPS) is 11.3. The molecule has 5 heteroatoms. The number of nitrogens with one attached hydrogen (secondary N) is 2. The minimum atomic E-state index is -0.355. The molecule has 30 heavy (non-hydrogen) atoms. The molecule has 144 valence electrons. The molecule has 2 N–H and O–H groups in total. The zero-order valence-electron chi connectivity index (χ0n) is 16.0. The molecule has 5 rings (SSSR count). The molecule has 0 saturated heterocycles. The van der Waals surface area contributed by atoms with Crippen LogP contribution in [0.25, 0.3) is 33.1 Å². The Morgan fingerprint density at radius 2 is 1.57 bits per heavy atom. The van der Waals surface area contributed by atoms with Crippen LogP contribution in [0.3, 0.4) is 0 Å². The van der Waals surface area contributed by atoms with Crippen molar-refractivity contribution in [1.29, 1.82) is 0 Å². The van der Waals surface area contributed by atoms with Gasteiger partial charge in [-0.1, -0.05) is 78.9 Å². The first kappa shape index (κ1) is 17.8. The molecule has 5 nitrogen and oxygen atoms in total. The summed E-state index contributed by atoms with van der Waals surface area (Å²) in [6.07, 6.45) is 1.61. The van der Waals surface area contributed by atoms with E-state index in [2.05, 4.69) is 20.5 Å². The Bertz CT molecular complexity index is 1370. The zero-order valence-corrected chi connectivity index (χ0v) is 16.0. The molecular weight excluding hydrogens is 372 g/mol. The molecule has 0 unspecified atom stereocenters. The quantitative estimate of drug-likeness (QED) is 0.329. The Kier molecular flexibility index (Phi) is 4.54. The molecule has 2 heterocycles. The van der Waals surface area contributed by atoms with Gasteiger partial charge in [-0.05, 0) is 17.7 Å². The summed E-state index contributed by atoms with van der Waals surface area (Å²) in [5.41, 5.74) is 7.40. The number of para-hydroxylation sites is 1. The molecule has 0 aliphatic carbocycles. The smallest absolute Gasteiger partial charge is 0.289 e. The number of aromatic amines is 1. The van der Waals surface area contributed by atoms with Crippen molar-refractivity contribution >= 4 is 33.9 Å². The summed E-state index contributed by atoms with van der Waals surface area (Å²) in [5, 5.41) is 6.08. The molecule has 0 spiro atoms. The molecule has 0 aliphatic rings. The van der Waals surface area contributed by atoms with Gasteiger partial charge in [-0.15, -0.1) is 0 Å². The number of hydrogen-bond acceptors (Lipinski definition) is 3. The minimum Gasteiger partial charge on any atom is -0.353 e. The average molecular weight is 390 g/mol. The third kappa shape index (κ3) is 3.33. The van der Waals surface area contributed by atoms with Gasteiger partial charge < -0.3 is 4.98 Å². The maximum Gasteiger partial charge on any atom is 0.289 e. The lowest BCUT2D eigenvalue weighted by Gasteiger charge is -2.07. The fraction of sp³-hybridized carbons (Fsp3) is 0. The molecule has 3 aromatic carbocycles. The van der Waals surface area contributed by atoms with E-state index in [9.17, 15) is 4.79 Å². The number of hydrogen-bond donors (Lipinski definition) is 2. The first-order valence-corrected chi connectivity index (χ1v) is 9.65. The molecular formula is C25H18N4O. The third-order valence-corrected chi connectivity index (χ3v) is 4.96. The number of fused-ring (bicyclic) bond motifs is 3. The van der Waals surface area contributed by atoms with Gasteiger partial charge in [0.05, 0.1) is 17.4 Å². The lowest BCUT2D eigenvalue weighted by molar-refractivity contribution is 0.0950. The van der Waals surface area contributed by atoms with E-state index in [1.807, 2.05) is 91.0 Å². The van der Waals surface area contributed by atoms with Crippen LogP contribution < -0.4 is 5.43 Å². The van der Waals surface area contributed by atoms with Gasteiger partial charge in [-0.25, -0.2) is 10.4 Å². The van der Waals surface area contributed by atoms with E-state index in [0.717, 1.165) is 38.6 Å². The number of benzene rings is 3. The highest BCUT2D eigenvalue weighted by molar-refractivity contribution is 6.13. The number of hydrazone groups is 1. The number of nitrogens with zero attached hydrogens (tertiary/aromatic N) is 2. The summed E-state index contributed by atoms with van der Waals surface area (Å²) >= 11 is 0. The predicted octanol–water partition coefficient (Wildman–Crippen LogP) is 5.15. The van der Waals surface area contributed by atoms with Crippen LogP contribution in [0.4, 0.5) is 0 Å². The van der Waals surface area contributed by atoms with Crippen molar-refractivity contribution in [3.63, 3.8) is 0 Å². The fourth-order valence-electron chi connectivity index (χ4n) is 3.53. The minimum absolute atomic E-state index is 0.316. The van der Waals surface area contributed by atoms with E-state index in [1.54, 1.807) is 6.21 Å². The number of rotatable bonds is 4. The Labute approximate surface area is 173 Å². The van der Waals surface area contributed by atoms with E-state index in [-0.39, 0.29) is 5.91 Å². The van der Waals surface area contributed by atoms with Crippen molar-refractivity contribution < 1.29 is 4.79 Å². The monoisotopic (exact) mass is 390 g/mol. The van der Waals surface area contributed by atoms with Gasteiger partial charge in [-0.3, -0.25) is 4.79 Å². The second kappa shape index (κ2) is 7.64. The van der Waals surface area contributed by atoms with E-state index in [1.165, 1.54) is 0 Å². The molecule has 0 bridgehead atoms. The lowest BCUT2D eigenvalue weighted by atomic mass is 10.1. The maximum atomic E-state index is 12.8. The van der Waals surface area contributed by atoms with E-state index in [4.69, 9.17) is 0 Å². The fourth-order valence-corrected chi connectivity index (χ4v) is 3.53. The van der Waals surface area contributed by atoms with Crippen molar-refractivity contribution in [3.05, 3.63) is 102 Å². The van der Waals surface area contributed by atoms with Crippen molar-refractivity contribution in [2.24, 2.45) is 5.10 Å². The Morgan fingerprint density at radius 1 is 0.867 bits per heavy atom. The summed E-state index contributed by atoms with van der Waals surface area (Å²) in [6, 6.07) is 29.3. The zero-order chi connectivity index (χ0) is 20.3. The van der Waals surface area contributed by atoms with Crippen molar-refractivity contribution in [2.45, 2.75) is 0 Å². The van der Waals surface area contributed by atoms with Crippen LogP contribution >= 0.6 is 0 Å². The standard InChI is InChI=1S/C25H18N4O/c30-25(29-26-16-17-9-3-1-4-10-17)22-15-20-19-13-7-8-14-21(19)27-24(20)23(28-22)18-11-5-2-6-12-18/h1-16,27H,(H,29,30)/b26-16+. The number of H-pyrrole nitrogens is 1. The van der Waals surface area contributed by atoms with E-state index in [0.29, 0.717) is 5.69 Å². The summed E-state index contributed by atoms with van der Waals surface area (Å²) in [5.74, 6) is -0.355. The molecule has 0 atom stereocenters. The highest BCUT2D eigenvalue weighted by Gasteiger charge is 2.16. The van der Waals surface area contributed by atoms with Crippen LogP contribution in [-0.4, -0.2) is 22.1 Å². The van der Waals surface area contributed by atoms with Gasteiger partial charge in [0.15, 0.2) is 0 Å². The van der Waals surface area contributed by atoms with Gasteiger partial charge >= 0.3 is 0 Å².